The number of Topliss-reactive ketones (excluding diaryl/α,β-unsaturated/α-hetero) is 1. The van der Waals surface area contributed by atoms with Crippen molar-refractivity contribution in [2.75, 3.05) is 19.6 Å². The molecule has 1 aliphatic heterocycles. The van der Waals surface area contributed by atoms with E-state index in [4.69, 9.17) is 0 Å². The molecule has 1 N–H and O–H groups in total. The fourth-order valence-electron chi connectivity index (χ4n) is 3.01. The minimum atomic E-state index is -0.538. The summed E-state index contributed by atoms with van der Waals surface area (Å²) in [5.74, 6) is 1.34. The van der Waals surface area contributed by atoms with Crippen molar-refractivity contribution in [2.45, 2.75) is 45.1 Å². The Morgan fingerprint density at radius 2 is 2.31 bits per heavy atom. The van der Waals surface area contributed by atoms with Crippen molar-refractivity contribution in [1.29, 1.82) is 0 Å². The van der Waals surface area contributed by atoms with Crippen molar-refractivity contribution in [3.8, 4) is 0 Å². The van der Waals surface area contributed by atoms with Crippen molar-refractivity contribution >= 4 is 5.78 Å². The third-order valence-corrected chi connectivity index (χ3v) is 4.04. The lowest BCUT2D eigenvalue weighted by Crippen LogP contribution is -2.37. The summed E-state index contributed by atoms with van der Waals surface area (Å²) in [6.07, 6.45) is 3.70. The number of ketones is 1. The summed E-state index contributed by atoms with van der Waals surface area (Å²) in [6.45, 7) is 6.65. The maximum atomic E-state index is 11.8. The number of β-amino-alcohol motifs (C(OH)–C–C–N with tert-alkyl or cyclic N) is 1. The van der Waals surface area contributed by atoms with E-state index in [-0.39, 0.29) is 5.92 Å². The summed E-state index contributed by atoms with van der Waals surface area (Å²) in [7, 11) is 0. The van der Waals surface area contributed by atoms with Crippen molar-refractivity contribution in [3.05, 3.63) is 0 Å². The van der Waals surface area contributed by atoms with Gasteiger partial charge in [0.25, 0.3) is 0 Å². The number of hydrogen-bond donors (Lipinski definition) is 1. The van der Waals surface area contributed by atoms with Crippen LogP contribution in [0.3, 0.4) is 0 Å². The van der Waals surface area contributed by atoms with E-state index in [2.05, 4.69) is 11.8 Å². The lowest BCUT2D eigenvalue weighted by molar-refractivity contribution is -0.126. The molecular formula is C13H23NO2. The van der Waals surface area contributed by atoms with Crippen LogP contribution in [0.2, 0.25) is 0 Å². The van der Waals surface area contributed by atoms with Gasteiger partial charge in [0.15, 0.2) is 0 Å². The number of carbonyl (C=O) groups excluding carboxylic acids is 1. The van der Waals surface area contributed by atoms with Crippen LogP contribution < -0.4 is 0 Å². The molecule has 1 heterocycles. The average Bonchev–Trinajstić information content (AvgIpc) is 2.52. The molecule has 0 bridgehead atoms. The number of nitrogens with zero attached hydrogens (tertiary/aromatic N) is 1. The summed E-state index contributed by atoms with van der Waals surface area (Å²) in [5, 5.41) is 9.89. The number of likely N-dealkylation sites (tertiary alicyclic amines) is 1. The van der Waals surface area contributed by atoms with Crippen molar-refractivity contribution in [1.82, 2.24) is 4.90 Å². The molecule has 3 nitrogen and oxygen atoms in total. The topological polar surface area (TPSA) is 40.5 Å². The van der Waals surface area contributed by atoms with Gasteiger partial charge >= 0.3 is 0 Å². The van der Waals surface area contributed by atoms with Gasteiger partial charge in [-0.05, 0) is 32.1 Å². The quantitative estimate of drug-likeness (QED) is 0.773. The summed E-state index contributed by atoms with van der Waals surface area (Å²) in [6, 6.07) is 0. The Labute approximate surface area is 97.8 Å². The Morgan fingerprint density at radius 1 is 1.56 bits per heavy atom. The van der Waals surface area contributed by atoms with Gasteiger partial charge in [0, 0.05) is 32.0 Å². The van der Waals surface area contributed by atoms with Crippen LogP contribution in [0.1, 0.15) is 39.5 Å². The zero-order valence-electron chi connectivity index (χ0n) is 10.4. The number of rotatable bonds is 2. The van der Waals surface area contributed by atoms with Crippen LogP contribution in [-0.2, 0) is 4.79 Å². The van der Waals surface area contributed by atoms with Gasteiger partial charge in [-0.1, -0.05) is 6.92 Å². The molecule has 16 heavy (non-hydrogen) atoms. The summed E-state index contributed by atoms with van der Waals surface area (Å²) < 4.78 is 0. The van der Waals surface area contributed by atoms with Gasteiger partial charge in [-0.3, -0.25) is 9.69 Å². The third kappa shape index (κ3) is 2.83. The van der Waals surface area contributed by atoms with Gasteiger partial charge < -0.3 is 5.11 Å². The maximum Gasteiger partial charge on any atom is 0.137 e. The zero-order valence-corrected chi connectivity index (χ0v) is 10.4. The van der Waals surface area contributed by atoms with E-state index in [1.165, 1.54) is 0 Å². The van der Waals surface area contributed by atoms with Crippen LogP contribution in [0.5, 0.6) is 0 Å². The molecule has 0 aromatic rings. The molecule has 2 rings (SSSR count). The first kappa shape index (κ1) is 12.1. The molecule has 1 saturated carbocycles. The van der Waals surface area contributed by atoms with Crippen LogP contribution in [0.4, 0.5) is 0 Å². The number of aliphatic hydroxyl groups is 1. The summed E-state index contributed by atoms with van der Waals surface area (Å²) in [4.78, 5) is 14.1. The molecule has 1 saturated heterocycles. The molecule has 2 fully saturated rings. The van der Waals surface area contributed by atoms with Crippen LogP contribution in [-0.4, -0.2) is 41.0 Å². The highest BCUT2D eigenvalue weighted by Crippen LogP contribution is 2.29. The minimum absolute atomic E-state index is 0.220. The van der Waals surface area contributed by atoms with E-state index < -0.39 is 5.60 Å². The van der Waals surface area contributed by atoms with Crippen molar-refractivity contribution < 1.29 is 9.90 Å². The SMILES string of the molecule is CC1CCC(=O)C(CN2CCC(C)(O)C2)C1. The van der Waals surface area contributed by atoms with Gasteiger partial charge in [-0.15, -0.1) is 0 Å². The minimum Gasteiger partial charge on any atom is -0.389 e. The molecule has 92 valence electrons. The molecule has 0 aromatic carbocycles. The fraction of sp³-hybridized carbons (Fsp3) is 0.923. The first-order valence-corrected chi connectivity index (χ1v) is 6.44. The van der Waals surface area contributed by atoms with E-state index in [0.29, 0.717) is 11.7 Å². The molecular weight excluding hydrogens is 202 g/mol. The first-order chi connectivity index (χ1) is 7.46. The smallest absolute Gasteiger partial charge is 0.137 e. The van der Waals surface area contributed by atoms with Gasteiger partial charge in [0.2, 0.25) is 0 Å². The zero-order chi connectivity index (χ0) is 11.8. The molecule has 3 heteroatoms. The van der Waals surface area contributed by atoms with Crippen LogP contribution >= 0.6 is 0 Å². The molecule has 0 spiro atoms. The first-order valence-electron chi connectivity index (χ1n) is 6.44. The average molecular weight is 225 g/mol. The van der Waals surface area contributed by atoms with Crippen LogP contribution in [0, 0.1) is 11.8 Å². The lowest BCUT2D eigenvalue weighted by atomic mass is 9.81. The van der Waals surface area contributed by atoms with E-state index >= 15 is 0 Å². The highest BCUT2D eigenvalue weighted by atomic mass is 16.3. The Bertz CT molecular complexity index is 275. The number of carbonyl (C=O) groups is 1. The highest BCUT2D eigenvalue weighted by molar-refractivity contribution is 5.81. The van der Waals surface area contributed by atoms with E-state index in [0.717, 1.165) is 45.3 Å². The largest absolute Gasteiger partial charge is 0.389 e. The molecule has 3 unspecified atom stereocenters. The second-order valence-electron chi connectivity index (χ2n) is 6.02. The molecule has 0 aromatic heterocycles. The standard InChI is InChI=1S/C13H23NO2/c1-10-3-4-12(15)11(7-10)8-14-6-5-13(2,16)9-14/h10-11,16H,3-9H2,1-2H3. The van der Waals surface area contributed by atoms with Crippen LogP contribution in [0.15, 0.2) is 0 Å². The molecule has 1 aliphatic carbocycles. The number of hydrogen-bond acceptors (Lipinski definition) is 3. The van der Waals surface area contributed by atoms with Gasteiger partial charge in [-0.25, -0.2) is 0 Å². The normalized spacial score (nSPS) is 41.6. The summed E-state index contributed by atoms with van der Waals surface area (Å²) in [5.41, 5.74) is -0.538. The Morgan fingerprint density at radius 3 is 2.94 bits per heavy atom. The monoisotopic (exact) mass is 225 g/mol. The van der Waals surface area contributed by atoms with Crippen molar-refractivity contribution in [2.24, 2.45) is 11.8 Å². The Hall–Kier alpha value is -0.410. The second-order valence-corrected chi connectivity index (χ2v) is 6.02. The molecule has 3 atom stereocenters. The highest BCUT2D eigenvalue weighted by Gasteiger charge is 2.34. The maximum absolute atomic E-state index is 11.8. The van der Waals surface area contributed by atoms with Gasteiger partial charge in [-0.2, -0.15) is 0 Å². The van der Waals surface area contributed by atoms with Crippen molar-refractivity contribution in [3.63, 3.8) is 0 Å². The predicted molar refractivity (Wildman–Crippen MR) is 63.2 cm³/mol. The van der Waals surface area contributed by atoms with E-state index in [1.807, 2.05) is 6.92 Å². The molecule has 0 amide bonds. The predicted octanol–water partition coefficient (Wildman–Crippen LogP) is 1.45. The Kier molecular flexibility index (Phi) is 3.36. The molecule has 2 aliphatic rings. The lowest BCUT2D eigenvalue weighted by Gasteiger charge is -2.29. The summed E-state index contributed by atoms with van der Waals surface area (Å²) >= 11 is 0. The molecule has 0 radical (unpaired) electrons. The van der Waals surface area contributed by atoms with Crippen LogP contribution in [0.25, 0.3) is 0 Å². The fourth-order valence-corrected chi connectivity index (χ4v) is 3.01. The van der Waals surface area contributed by atoms with E-state index in [9.17, 15) is 9.90 Å². The second kappa shape index (κ2) is 4.46. The van der Waals surface area contributed by atoms with Gasteiger partial charge in [0.1, 0.15) is 5.78 Å². The Balaban J connectivity index is 1.87. The van der Waals surface area contributed by atoms with E-state index in [1.54, 1.807) is 0 Å². The third-order valence-electron chi connectivity index (χ3n) is 4.04. The van der Waals surface area contributed by atoms with Gasteiger partial charge in [0.05, 0.1) is 5.60 Å².